The Kier molecular flexibility index (Phi) is 7.63. The van der Waals surface area contributed by atoms with Gasteiger partial charge < -0.3 is 10.6 Å². The molecule has 1 saturated heterocycles. The van der Waals surface area contributed by atoms with E-state index in [2.05, 4.69) is 10.6 Å². The van der Waals surface area contributed by atoms with Crippen LogP contribution in [0.15, 0.2) is 83.8 Å². The minimum Gasteiger partial charge on any atom is -0.345 e. The Hall–Kier alpha value is -3.49. The van der Waals surface area contributed by atoms with E-state index in [1.54, 1.807) is 36.4 Å². The molecule has 1 atom stereocenters. The first-order valence-electron chi connectivity index (χ1n) is 11.7. The number of carbonyl (C=O) groups is 2. The van der Waals surface area contributed by atoms with E-state index in [0.717, 1.165) is 24.8 Å². The summed E-state index contributed by atoms with van der Waals surface area (Å²) >= 11 is 0. The van der Waals surface area contributed by atoms with Crippen LogP contribution in [0, 0.1) is 0 Å². The van der Waals surface area contributed by atoms with Crippen molar-refractivity contribution >= 4 is 27.5 Å². The third kappa shape index (κ3) is 5.78. The average molecular weight is 492 g/mol. The van der Waals surface area contributed by atoms with Gasteiger partial charge in [-0.15, -0.1) is 0 Å². The molecule has 0 bridgehead atoms. The van der Waals surface area contributed by atoms with E-state index in [-0.39, 0.29) is 22.4 Å². The summed E-state index contributed by atoms with van der Waals surface area (Å²) in [6.45, 7) is 2.87. The Morgan fingerprint density at radius 1 is 0.829 bits per heavy atom. The van der Waals surface area contributed by atoms with E-state index in [1.165, 1.54) is 16.4 Å². The van der Waals surface area contributed by atoms with Crippen LogP contribution < -0.4 is 10.6 Å². The van der Waals surface area contributed by atoms with Crippen LogP contribution in [0.1, 0.15) is 58.5 Å². The largest absolute Gasteiger partial charge is 0.345 e. The van der Waals surface area contributed by atoms with Gasteiger partial charge in [0.2, 0.25) is 10.0 Å². The van der Waals surface area contributed by atoms with Crippen LogP contribution in [0.3, 0.4) is 0 Å². The van der Waals surface area contributed by atoms with Crippen molar-refractivity contribution in [3.63, 3.8) is 0 Å². The molecular formula is C27H29N3O4S. The Bertz CT molecular complexity index is 1300. The van der Waals surface area contributed by atoms with Gasteiger partial charge in [-0.1, -0.05) is 55.0 Å². The number of hydrogen-bond donors (Lipinski definition) is 2. The van der Waals surface area contributed by atoms with Crippen molar-refractivity contribution in [2.75, 3.05) is 18.4 Å². The quantitative estimate of drug-likeness (QED) is 0.505. The molecule has 4 rings (SSSR count). The zero-order valence-corrected chi connectivity index (χ0v) is 20.4. The number of para-hydroxylation sites is 1. The van der Waals surface area contributed by atoms with E-state index in [4.69, 9.17) is 0 Å². The van der Waals surface area contributed by atoms with Crippen LogP contribution in [0.4, 0.5) is 5.69 Å². The highest BCUT2D eigenvalue weighted by Gasteiger charge is 2.26. The molecule has 1 heterocycles. The summed E-state index contributed by atoms with van der Waals surface area (Å²) < 4.78 is 27.5. The summed E-state index contributed by atoms with van der Waals surface area (Å²) in [7, 11) is -3.66. The summed E-state index contributed by atoms with van der Waals surface area (Å²) in [6.07, 6.45) is 2.69. The average Bonchev–Trinajstić information content (AvgIpc) is 2.90. The lowest BCUT2D eigenvalue weighted by molar-refractivity contribution is 0.0940. The van der Waals surface area contributed by atoms with E-state index < -0.39 is 15.9 Å². The Morgan fingerprint density at radius 2 is 1.51 bits per heavy atom. The minimum atomic E-state index is -3.66. The third-order valence-corrected chi connectivity index (χ3v) is 8.01. The molecule has 1 fully saturated rings. The van der Waals surface area contributed by atoms with Crippen molar-refractivity contribution in [2.24, 2.45) is 0 Å². The summed E-state index contributed by atoms with van der Waals surface area (Å²) in [5.41, 5.74) is 1.84. The molecule has 0 aliphatic carbocycles. The number of hydrogen-bond acceptors (Lipinski definition) is 4. The number of carbonyl (C=O) groups excluding carboxylic acids is 2. The molecule has 3 aromatic carbocycles. The Balaban J connectivity index is 1.51. The monoisotopic (exact) mass is 491 g/mol. The topological polar surface area (TPSA) is 95.6 Å². The standard InChI is InChI=1S/C27H29N3O4S/c1-20(21-11-4-2-5-12-21)28-27(32)24-15-6-7-16-25(24)29-26(31)22-13-10-14-23(19-22)35(33,34)30-17-8-3-9-18-30/h2,4-7,10-16,19-20H,3,8-9,17-18H2,1H3,(H,28,32)(H,29,31). The molecule has 1 aliphatic rings. The second-order valence-corrected chi connectivity index (χ2v) is 10.5. The SMILES string of the molecule is CC(NC(=O)c1ccccc1NC(=O)c1cccc(S(=O)(=O)N2CCCCC2)c1)c1ccccc1. The summed E-state index contributed by atoms with van der Waals surface area (Å²) in [5, 5.41) is 5.73. The summed E-state index contributed by atoms with van der Waals surface area (Å²) in [6, 6.07) is 22.1. The molecule has 2 amide bonds. The summed E-state index contributed by atoms with van der Waals surface area (Å²) in [4.78, 5) is 26.1. The first-order chi connectivity index (χ1) is 16.9. The maximum atomic E-state index is 13.0. The van der Waals surface area contributed by atoms with E-state index in [0.29, 0.717) is 24.3 Å². The number of sulfonamides is 1. The molecule has 0 spiro atoms. The van der Waals surface area contributed by atoms with Crippen molar-refractivity contribution in [2.45, 2.75) is 37.1 Å². The van der Waals surface area contributed by atoms with Crippen LogP contribution in [-0.4, -0.2) is 37.6 Å². The van der Waals surface area contributed by atoms with E-state index >= 15 is 0 Å². The smallest absolute Gasteiger partial charge is 0.255 e. The van der Waals surface area contributed by atoms with Gasteiger partial charge in [0.25, 0.3) is 11.8 Å². The lowest BCUT2D eigenvalue weighted by Gasteiger charge is -2.26. The van der Waals surface area contributed by atoms with Crippen LogP contribution >= 0.6 is 0 Å². The number of anilines is 1. The third-order valence-electron chi connectivity index (χ3n) is 6.12. The normalized spacial score (nSPS) is 15.2. The molecule has 3 aromatic rings. The molecule has 0 radical (unpaired) electrons. The zero-order valence-electron chi connectivity index (χ0n) is 19.6. The Labute approximate surface area is 206 Å². The molecule has 0 aromatic heterocycles. The summed E-state index contributed by atoms with van der Waals surface area (Å²) in [5.74, 6) is -0.810. The number of rotatable bonds is 7. The highest BCUT2D eigenvalue weighted by atomic mass is 32.2. The van der Waals surface area contributed by atoms with Crippen molar-refractivity contribution in [1.29, 1.82) is 0 Å². The Morgan fingerprint density at radius 3 is 2.26 bits per heavy atom. The van der Waals surface area contributed by atoms with Crippen LogP contribution in [0.25, 0.3) is 0 Å². The first kappa shape index (κ1) is 24.6. The maximum absolute atomic E-state index is 13.0. The molecule has 7 nitrogen and oxygen atoms in total. The van der Waals surface area contributed by atoms with Gasteiger partial charge in [0, 0.05) is 18.7 Å². The van der Waals surface area contributed by atoms with Gasteiger partial charge in [-0.2, -0.15) is 4.31 Å². The highest BCUT2D eigenvalue weighted by Crippen LogP contribution is 2.23. The molecule has 0 saturated carbocycles. The van der Waals surface area contributed by atoms with Gasteiger partial charge >= 0.3 is 0 Å². The number of amides is 2. The predicted octanol–water partition coefficient (Wildman–Crippen LogP) is 4.60. The second kappa shape index (κ2) is 10.8. The predicted molar refractivity (Wildman–Crippen MR) is 136 cm³/mol. The van der Waals surface area contributed by atoms with Gasteiger partial charge in [0.15, 0.2) is 0 Å². The fourth-order valence-electron chi connectivity index (χ4n) is 4.14. The van der Waals surface area contributed by atoms with Crippen LogP contribution in [0.5, 0.6) is 0 Å². The molecule has 8 heteroatoms. The van der Waals surface area contributed by atoms with Crippen molar-refractivity contribution < 1.29 is 18.0 Å². The number of benzene rings is 3. The fraction of sp³-hybridized carbons (Fsp3) is 0.259. The van der Waals surface area contributed by atoms with Gasteiger partial charge in [-0.3, -0.25) is 9.59 Å². The van der Waals surface area contributed by atoms with Crippen LogP contribution in [-0.2, 0) is 10.0 Å². The van der Waals surface area contributed by atoms with Crippen molar-refractivity contribution in [1.82, 2.24) is 9.62 Å². The van der Waals surface area contributed by atoms with Crippen LogP contribution in [0.2, 0.25) is 0 Å². The van der Waals surface area contributed by atoms with Gasteiger partial charge in [0.1, 0.15) is 0 Å². The van der Waals surface area contributed by atoms with Gasteiger partial charge in [0.05, 0.1) is 22.2 Å². The van der Waals surface area contributed by atoms with Gasteiger partial charge in [-0.25, -0.2) is 8.42 Å². The first-order valence-corrected chi connectivity index (χ1v) is 13.2. The molecule has 1 unspecified atom stereocenters. The molecular weight excluding hydrogens is 462 g/mol. The molecule has 35 heavy (non-hydrogen) atoms. The number of nitrogens with zero attached hydrogens (tertiary/aromatic N) is 1. The second-order valence-electron chi connectivity index (χ2n) is 8.60. The number of piperidine rings is 1. The molecule has 2 N–H and O–H groups in total. The van der Waals surface area contributed by atoms with Crippen molar-refractivity contribution in [3.05, 3.63) is 95.6 Å². The highest BCUT2D eigenvalue weighted by molar-refractivity contribution is 7.89. The zero-order chi connectivity index (χ0) is 24.8. The molecule has 182 valence electrons. The van der Waals surface area contributed by atoms with E-state index in [1.807, 2.05) is 37.3 Å². The van der Waals surface area contributed by atoms with E-state index in [9.17, 15) is 18.0 Å². The fourth-order valence-corrected chi connectivity index (χ4v) is 5.70. The lowest BCUT2D eigenvalue weighted by Crippen LogP contribution is -2.35. The minimum absolute atomic E-state index is 0.0924. The van der Waals surface area contributed by atoms with Gasteiger partial charge in [-0.05, 0) is 55.7 Å². The molecule has 1 aliphatic heterocycles. The lowest BCUT2D eigenvalue weighted by atomic mass is 10.1. The van der Waals surface area contributed by atoms with Crippen molar-refractivity contribution in [3.8, 4) is 0 Å². The number of nitrogens with one attached hydrogen (secondary N) is 2. The maximum Gasteiger partial charge on any atom is 0.255 e.